The molecule has 1 rings (SSSR count). The first kappa shape index (κ1) is 20.4. The summed E-state index contributed by atoms with van der Waals surface area (Å²) in [6, 6.07) is 8.16. The Morgan fingerprint density at radius 2 is 1.80 bits per heavy atom. The molecule has 0 saturated carbocycles. The second-order valence-corrected chi connectivity index (χ2v) is 5.18. The van der Waals surface area contributed by atoms with E-state index in [-0.39, 0.29) is 32.5 Å². The first-order valence-electron chi connectivity index (χ1n) is 7.85. The van der Waals surface area contributed by atoms with Gasteiger partial charge in [0, 0.05) is 19.5 Å². The lowest BCUT2D eigenvalue weighted by Crippen LogP contribution is -2.48. The van der Waals surface area contributed by atoms with E-state index in [4.69, 9.17) is 15.2 Å². The Balaban J connectivity index is 2.80. The number of esters is 2. The Kier molecular flexibility index (Phi) is 9.02. The number of ether oxygens (including phenoxy) is 3. The van der Waals surface area contributed by atoms with E-state index in [1.165, 1.54) is 19.1 Å². The number of nitrogens with zero attached hydrogens (tertiary/aromatic N) is 1. The molecule has 0 aliphatic carbocycles. The molecule has 8 heteroatoms. The van der Waals surface area contributed by atoms with Crippen LogP contribution in [0.15, 0.2) is 30.3 Å². The zero-order valence-electron chi connectivity index (χ0n) is 14.5. The summed E-state index contributed by atoms with van der Waals surface area (Å²) in [6.45, 7) is 0.284. The number of hydrogen-bond acceptors (Lipinski definition) is 7. The molecule has 8 nitrogen and oxygen atoms in total. The van der Waals surface area contributed by atoms with Crippen LogP contribution in [0.3, 0.4) is 0 Å². The van der Waals surface area contributed by atoms with Gasteiger partial charge in [-0.05, 0) is 12.0 Å². The molecule has 1 aromatic rings. The van der Waals surface area contributed by atoms with E-state index in [0.29, 0.717) is 0 Å². The molecule has 0 fully saturated rings. The number of nitrogens with two attached hydrogens (primary N) is 1. The molecule has 25 heavy (non-hydrogen) atoms. The fraction of sp³-hybridized carbons (Fsp3) is 0.471. The van der Waals surface area contributed by atoms with Gasteiger partial charge in [0.15, 0.2) is 0 Å². The average molecular weight is 352 g/mol. The lowest BCUT2D eigenvalue weighted by molar-refractivity contribution is -0.147. The van der Waals surface area contributed by atoms with Crippen LogP contribution in [0, 0.1) is 0 Å². The van der Waals surface area contributed by atoms with Crippen LogP contribution >= 0.6 is 0 Å². The molecule has 0 aliphatic heterocycles. The van der Waals surface area contributed by atoms with Crippen LogP contribution < -0.4 is 5.73 Å². The zero-order valence-corrected chi connectivity index (χ0v) is 14.5. The topological polar surface area (TPSA) is 108 Å². The van der Waals surface area contributed by atoms with Gasteiger partial charge in [-0.2, -0.15) is 0 Å². The van der Waals surface area contributed by atoms with Gasteiger partial charge in [-0.3, -0.25) is 9.69 Å². The largest absolute Gasteiger partial charge is 0.469 e. The predicted molar refractivity (Wildman–Crippen MR) is 89.4 cm³/mol. The maximum absolute atomic E-state index is 12.4. The van der Waals surface area contributed by atoms with Gasteiger partial charge in [-0.1, -0.05) is 30.3 Å². The Morgan fingerprint density at radius 3 is 2.36 bits per heavy atom. The van der Waals surface area contributed by atoms with E-state index in [2.05, 4.69) is 4.74 Å². The highest BCUT2D eigenvalue weighted by Crippen LogP contribution is 2.13. The standard InChI is InChI=1S/C17H24N2O6/c1-23-15(20)9-8-14(16(21)24-2)19(11-10-18)17(22)25-12-13-6-4-3-5-7-13/h3-7,14H,8-12,18H2,1-2H3/t14-/m0/s1. The van der Waals surface area contributed by atoms with Crippen LogP contribution in [0.2, 0.25) is 0 Å². The van der Waals surface area contributed by atoms with E-state index >= 15 is 0 Å². The molecule has 138 valence electrons. The fourth-order valence-corrected chi connectivity index (χ4v) is 2.21. The molecule has 1 atom stereocenters. The molecular weight excluding hydrogens is 328 g/mol. The van der Waals surface area contributed by atoms with Crippen LogP contribution in [0.4, 0.5) is 4.79 Å². The molecule has 0 unspecified atom stereocenters. The monoisotopic (exact) mass is 352 g/mol. The van der Waals surface area contributed by atoms with Gasteiger partial charge in [0.2, 0.25) is 0 Å². The molecule has 0 saturated heterocycles. The van der Waals surface area contributed by atoms with E-state index in [9.17, 15) is 14.4 Å². The van der Waals surface area contributed by atoms with Crippen LogP contribution in [0.5, 0.6) is 0 Å². The van der Waals surface area contributed by atoms with Crippen molar-refractivity contribution in [3.8, 4) is 0 Å². The summed E-state index contributed by atoms with van der Waals surface area (Å²) in [5, 5.41) is 0. The molecule has 0 heterocycles. The normalized spacial score (nSPS) is 11.3. The van der Waals surface area contributed by atoms with Crippen LogP contribution in [0.1, 0.15) is 18.4 Å². The first-order valence-corrected chi connectivity index (χ1v) is 7.85. The third-order valence-corrected chi connectivity index (χ3v) is 3.51. The lowest BCUT2D eigenvalue weighted by Gasteiger charge is -2.28. The van der Waals surface area contributed by atoms with Crippen molar-refractivity contribution in [1.82, 2.24) is 4.90 Å². The summed E-state index contributed by atoms with van der Waals surface area (Å²) in [5.41, 5.74) is 6.36. The number of rotatable bonds is 9. The average Bonchev–Trinajstić information content (AvgIpc) is 2.65. The highest BCUT2D eigenvalue weighted by atomic mass is 16.6. The zero-order chi connectivity index (χ0) is 18.7. The molecule has 0 radical (unpaired) electrons. The number of amides is 1. The molecule has 0 aromatic heterocycles. The maximum Gasteiger partial charge on any atom is 0.410 e. The van der Waals surface area contributed by atoms with Crippen molar-refractivity contribution in [3.05, 3.63) is 35.9 Å². The highest BCUT2D eigenvalue weighted by Gasteiger charge is 2.31. The summed E-state index contributed by atoms with van der Waals surface area (Å²) in [5.74, 6) is -1.13. The minimum absolute atomic E-state index is 0.0384. The molecular formula is C17H24N2O6. The van der Waals surface area contributed by atoms with Crippen LogP contribution in [-0.2, 0) is 30.4 Å². The van der Waals surface area contributed by atoms with E-state index < -0.39 is 24.1 Å². The lowest BCUT2D eigenvalue weighted by atomic mass is 10.1. The third kappa shape index (κ3) is 6.80. The second-order valence-electron chi connectivity index (χ2n) is 5.18. The predicted octanol–water partition coefficient (Wildman–Crippen LogP) is 1.08. The van der Waals surface area contributed by atoms with Gasteiger partial charge in [-0.25, -0.2) is 9.59 Å². The number of methoxy groups -OCH3 is 2. The Labute approximate surface area is 146 Å². The maximum atomic E-state index is 12.4. The van der Waals surface area contributed by atoms with E-state index in [0.717, 1.165) is 5.56 Å². The van der Waals surface area contributed by atoms with Gasteiger partial charge in [0.25, 0.3) is 0 Å². The minimum atomic E-state index is -0.976. The number of hydrogen-bond donors (Lipinski definition) is 1. The summed E-state index contributed by atoms with van der Waals surface area (Å²) < 4.78 is 14.6. The molecule has 0 aliphatic rings. The van der Waals surface area contributed by atoms with Gasteiger partial charge in [0.1, 0.15) is 12.6 Å². The quantitative estimate of drug-likeness (QED) is 0.523. The second kappa shape index (κ2) is 11.0. The van der Waals surface area contributed by atoms with Crippen molar-refractivity contribution in [2.24, 2.45) is 5.73 Å². The van der Waals surface area contributed by atoms with Gasteiger partial charge >= 0.3 is 18.0 Å². The smallest absolute Gasteiger partial charge is 0.410 e. The third-order valence-electron chi connectivity index (χ3n) is 3.51. The van der Waals surface area contributed by atoms with Crippen LogP contribution in [-0.4, -0.2) is 56.3 Å². The van der Waals surface area contributed by atoms with Crippen molar-refractivity contribution in [3.63, 3.8) is 0 Å². The van der Waals surface area contributed by atoms with Crippen molar-refractivity contribution >= 4 is 18.0 Å². The van der Waals surface area contributed by atoms with E-state index in [1.54, 1.807) is 0 Å². The Hall–Kier alpha value is -2.61. The molecule has 0 bridgehead atoms. The van der Waals surface area contributed by atoms with Crippen molar-refractivity contribution in [1.29, 1.82) is 0 Å². The number of carbonyl (C=O) groups is 3. The summed E-state index contributed by atoms with van der Waals surface area (Å²) in [6.07, 6.45) is -0.683. The van der Waals surface area contributed by atoms with Gasteiger partial charge in [0.05, 0.1) is 14.2 Å². The van der Waals surface area contributed by atoms with Crippen molar-refractivity contribution in [2.75, 3.05) is 27.3 Å². The van der Waals surface area contributed by atoms with Gasteiger partial charge in [-0.15, -0.1) is 0 Å². The highest BCUT2D eigenvalue weighted by molar-refractivity contribution is 5.82. The number of benzene rings is 1. The molecule has 2 N–H and O–H groups in total. The Morgan fingerprint density at radius 1 is 1.12 bits per heavy atom. The van der Waals surface area contributed by atoms with Gasteiger partial charge < -0.3 is 19.9 Å². The van der Waals surface area contributed by atoms with Crippen molar-refractivity contribution in [2.45, 2.75) is 25.5 Å². The fourth-order valence-electron chi connectivity index (χ4n) is 2.21. The van der Waals surface area contributed by atoms with Crippen molar-refractivity contribution < 1.29 is 28.6 Å². The Bertz CT molecular complexity index is 564. The molecule has 1 aromatic carbocycles. The molecule has 0 spiro atoms. The van der Waals surface area contributed by atoms with Crippen LogP contribution in [0.25, 0.3) is 0 Å². The summed E-state index contributed by atoms with van der Waals surface area (Å²) in [4.78, 5) is 37.0. The van der Waals surface area contributed by atoms with E-state index in [1.807, 2.05) is 30.3 Å². The first-order chi connectivity index (χ1) is 12.0. The summed E-state index contributed by atoms with van der Waals surface area (Å²) in [7, 11) is 2.46. The molecule has 1 amide bonds. The minimum Gasteiger partial charge on any atom is -0.469 e. The summed E-state index contributed by atoms with van der Waals surface area (Å²) >= 11 is 0. The SMILES string of the molecule is COC(=O)CC[C@@H](C(=O)OC)N(CCN)C(=O)OCc1ccccc1. The number of carbonyl (C=O) groups excluding carboxylic acids is 3.